The third-order valence-electron chi connectivity index (χ3n) is 3.23. The van der Waals surface area contributed by atoms with Crippen LogP contribution in [0, 0.1) is 5.82 Å². The second kappa shape index (κ2) is 4.19. The van der Waals surface area contributed by atoms with Crippen LogP contribution in [-0.4, -0.2) is 18.4 Å². The van der Waals surface area contributed by atoms with E-state index >= 15 is 0 Å². The van der Waals surface area contributed by atoms with E-state index in [1.165, 1.54) is 12.1 Å². The fourth-order valence-electron chi connectivity index (χ4n) is 2.32. The van der Waals surface area contributed by atoms with Gasteiger partial charge in [0, 0.05) is 12.0 Å². The van der Waals surface area contributed by atoms with Gasteiger partial charge < -0.3 is 4.74 Å². The van der Waals surface area contributed by atoms with E-state index in [0.29, 0.717) is 17.5 Å². The van der Waals surface area contributed by atoms with Crippen LogP contribution in [0.5, 0.6) is 0 Å². The molecule has 0 atom stereocenters. The fourth-order valence-corrected chi connectivity index (χ4v) is 2.32. The van der Waals surface area contributed by atoms with Crippen LogP contribution in [0.2, 0.25) is 0 Å². The number of hydrogen-bond donors (Lipinski definition) is 0. The Morgan fingerprint density at radius 2 is 2.11 bits per heavy atom. The summed E-state index contributed by atoms with van der Waals surface area (Å²) in [6.45, 7) is 5.60. The maximum absolute atomic E-state index is 13.9. The number of ether oxygens (including phenoxy) is 1. The summed E-state index contributed by atoms with van der Waals surface area (Å²) in [5.41, 5.74) is 0.560. The third-order valence-corrected chi connectivity index (χ3v) is 3.23. The molecule has 0 aromatic heterocycles. The zero-order valence-corrected chi connectivity index (χ0v) is 10.7. The molecule has 96 valence electrons. The summed E-state index contributed by atoms with van der Waals surface area (Å²) in [5, 5.41) is 0. The molecule has 0 fully saturated rings. The molecule has 1 aromatic carbocycles. The Kier molecular flexibility index (Phi) is 2.97. The number of carbonyl (C=O) groups is 2. The highest BCUT2D eigenvalue weighted by Gasteiger charge is 2.37. The van der Waals surface area contributed by atoms with Crippen molar-refractivity contribution in [3.63, 3.8) is 0 Å². The Bertz CT molecular complexity index is 532. The van der Waals surface area contributed by atoms with E-state index in [1.807, 2.05) is 13.8 Å². The van der Waals surface area contributed by atoms with E-state index in [1.54, 1.807) is 6.92 Å². The van der Waals surface area contributed by atoms with Gasteiger partial charge in [0.25, 0.3) is 0 Å². The van der Waals surface area contributed by atoms with Gasteiger partial charge in [-0.1, -0.05) is 13.8 Å². The molecule has 0 aliphatic heterocycles. The van der Waals surface area contributed by atoms with Gasteiger partial charge in [-0.15, -0.1) is 0 Å². The predicted molar refractivity (Wildman–Crippen MR) is 64.3 cm³/mol. The molecule has 1 aliphatic rings. The first-order valence-corrected chi connectivity index (χ1v) is 5.91. The average Bonchev–Trinajstić information content (AvgIpc) is 2.48. The molecule has 18 heavy (non-hydrogen) atoms. The molecule has 0 N–H and O–H groups in total. The summed E-state index contributed by atoms with van der Waals surface area (Å²) in [7, 11) is 0. The lowest BCUT2D eigenvalue weighted by atomic mass is 9.86. The molecule has 0 unspecified atom stereocenters. The number of carbonyl (C=O) groups excluding carboxylic acids is 2. The lowest BCUT2D eigenvalue weighted by molar-refractivity contribution is 0.0521. The van der Waals surface area contributed by atoms with Crippen LogP contribution in [0.15, 0.2) is 12.1 Å². The first-order valence-electron chi connectivity index (χ1n) is 5.91. The Morgan fingerprint density at radius 1 is 1.44 bits per heavy atom. The number of Topliss-reactive ketones (excluding diaryl/α,β-unsaturated/α-hetero) is 1. The summed E-state index contributed by atoms with van der Waals surface area (Å²) in [6, 6.07) is 2.60. The van der Waals surface area contributed by atoms with Crippen LogP contribution < -0.4 is 0 Å². The van der Waals surface area contributed by atoms with E-state index in [-0.39, 0.29) is 23.4 Å². The summed E-state index contributed by atoms with van der Waals surface area (Å²) in [5.74, 6) is -1.41. The zero-order valence-electron chi connectivity index (χ0n) is 10.7. The topological polar surface area (TPSA) is 43.4 Å². The highest BCUT2D eigenvalue weighted by atomic mass is 19.1. The first kappa shape index (κ1) is 12.7. The number of ketones is 1. The quantitative estimate of drug-likeness (QED) is 0.758. The molecule has 0 spiro atoms. The summed E-state index contributed by atoms with van der Waals surface area (Å²) < 4.78 is 18.6. The van der Waals surface area contributed by atoms with E-state index in [0.717, 1.165) is 0 Å². The Labute approximate surface area is 105 Å². The molecule has 1 aliphatic carbocycles. The van der Waals surface area contributed by atoms with Crippen molar-refractivity contribution in [2.24, 2.45) is 0 Å². The zero-order chi connectivity index (χ0) is 13.5. The number of rotatable bonds is 2. The summed E-state index contributed by atoms with van der Waals surface area (Å²) in [6.07, 6.45) is 0.341. The van der Waals surface area contributed by atoms with Crippen molar-refractivity contribution in [3.8, 4) is 0 Å². The molecule has 0 bridgehead atoms. The minimum atomic E-state index is -0.727. The molecule has 2 rings (SSSR count). The van der Waals surface area contributed by atoms with E-state index in [9.17, 15) is 14.0 Å². The SMILES string of the molecule is CCOC(=O)c1cc2c(cc1F)C(C)(C)CC2=O. The monoisotopic (exact) mass is 250 g/mol. The van der Waals surface area contributed by atoms with E-state index in [2.05, 4.69) is 0 Å². The first-order chi connectivity index (χ1) is 8.36. The Balaban J connectivity index is 2.53. The van der Waals surface area contributed by atoms with Gasteiger partial charge in [0.2, 0.25) is 0 Å². The van der Waals surface area contributed by atoms with Crippen molar-refractivity contribution in [2.75, 3.05) is 6.61 Å². The van der Waals surface area contributed by atoms with Crippen molar-refractivity contribution < 1.29 is 18.7 Å². The van der Waals surface area contributed by atoms with Gasteiger partial charge >= 0.3 is 5.97 Å². The van der Waals surface area contributed by atoms with Gasteiger partial charge in [0.05, 0.1) is 12.2 Å². The van der Waals surface area contributed by atoms with Crippen molar-refractivity contribution in [1.29, 1.82) is 0 Å². The van der Waals surface area contributed by atoms with Crippen molar-refractivity contribution in [3.05, 3.63) is 34.6 Å². The number of fused-ring (bicyclic) bond motifs is 1. The smallest absolute Gasteiger partial charge is 0.341 e. The molecular weight excluding hydrogens is 235 g/mol. The molecule has 0 amide bonds. The van der Waals surface area contributed by atoms with E-state index in [4.69, 9.17) is 4.74 Å². The third kappa shape index (κ3) is 1.92. The summed E-state index contributed by atoms with van der Waals surface area (Å²) >= 11 is 0. The highest BCUT2D eigenvalue weighted by molar-refractivity contribution is 6.04. The fraction of sp³-hybridized carbons (Fsp3) is 0.429. The van der Waals surface area contributed by atoms with Crippen LogP contribution in [0.25, 0.3) is 0 Å². The number of benzene rings is 1. The average molecular weight is 250 g/mol. The van der Waals surface area contributed by atoms with Gasteiger partial charge in [-0.05, 0) is 30.0 Å². The maximum atomic E-state index is 13.9. The van der Waals surface area contributed by atoms with E-state index < -0.39 is 11.8 Å². The highest BCUT2D eigenvalue weighted by Crippen LogP contribution is 2.39. The second-order valence-electron chi connectivity index (χ2n) is 5.08. The van der Waals surface area contributed by atoms with Gasteiger partial charge in [0.1, 0.15) is 5.82 Å². The predicted octanol–water partition coefficient (Wildman–Crippen LogP) is 2.87. The van der Waals surface area contributed by atoms with Crippen LogP contribution in [0.1, 0.15) is 53.5 Å². The molecule has 0 heterocycles. The van der Waals surface area contributed by atoms with Gasteiger partial charge in [-0.3, -0.25) is 4.79 Å². The minimum Gasteiger partial charge on any atom is -0.462 e. The van der Waals surface area contributed by atoms with Crippen LogP contribution >= 0.6 is 0 Å². The Morgan fingerprint density at radius 3 is 2.72 bits per heavy atom. The number of hydrogen-bond acceptors (Lipinski definition) is 3. The molecule has 3 nitrogen and oxygen atoms in total. The molecular formula is C14H15FO3. The maximum Gasteiger partial charge on any atom is 0.341 e. The lowest BCUT2D eigenvalue weighted by Gasteiger charge is -2.17. The summed E-state index contributed by atoms with van der Waals surface area (Å²) in [4.78, 5) is 23.4. The normalized spacial score (nSPS) is 16.6. The number of halogens is 1. The Hall–Kier alpha value is -1.71. The van der Waals surface area contributed by atoms with Crippen LogP contribution in [0.4, 0.5) is 4.39 Å². The molecule has 0 saturated carbocycles. The van der Waals surface area contributed by atoms with Gasteiger partial charge in [0.15, 0.2) is 5.78 Å². The van der Waals surface area contributed by atoms with Crippen LogP contribution in [-0.2, 0) is 10.2 Å². The molecule has 0 radical (unpaired) electrons. The van der Waals surface area contributed by atoms with Crippen molar-refractivity contribution in [1.82, 2.24) is 0 Å². The van der Waals surface area contributed by atoms with Crippen LogP contribution in [0.3, 0.4) is 0 Å². The largest absolute Gasteiger partial charge is 0.462 e. The van der Waals surface area contributed by atoms with Gasteiger partial charge in [-0.2, -0.15) is 0 Å². The van der Waals surface area contributed by atoms with Crippen molar-refractivity contribution in [2.45, 2.75) is 32.6 Å². The lowest BCUT2D eigenvalue weighted by Crippen LogP contribution is -2.14. The molecule has 4 heteroatoms. The standard InChI is InChI=1S/C14H15FO3/c1-4-18-13(17)9-5-8-10(6-11(9)15)14(2,3)7-12(8)16/h5-6H,4,7H2,1-3H3. The van der Waals surface area contributed by atoms with Gasteiger partial charge in [-0.25, -0.2) is 9.18 Å². The molecule has 1 aromatic rings. The van der Waals surface area contributed by atoms with Crippen molar-refractivity contribution >= 4 is 11.8 Å². The minimum absolute atomic E-state index is 0.0550. The second-order valence-corrected chi connectivity index (χ2v) is 5.08. The molecule has 0 saturated heterocycles. The number of esters is 1.